The smallest absolute Gasteiger partial charge is 0.336 e. The molecule has 5 amide bonds. The molecule has 0 spiro atoms. The zero-order valence-corrected chi connectivity index (χ0v) is 90.7. The number of aromatic hydroxyl groups is 1. The second kappa shape index (κ2) is 54.7. The summed E-state index contributed by atoms with van der Waals surface area (Å²) in [6.07, 6.45) is 4.32. The van der Waals surface area contributed by atoms with Gasteiger partial charge in [0.1, 0.15) is 52.9 Å². The molecule has 19 rings (SSSR count). The van der Waals surface area contributed by atoms with Crippen molar-refractivity contribution < 1.29 is 104 Å². The van der Waals surface area contributed by atoms with E-state index in [9.17, 15) is 65.8 Å². The highest BCUT2D eigenvalue weighted by Crippen LogP contribution is 2.49. The van der Waals surface area contributed by atoms with Crippen LogP contribution in [0.15, 0.2) is 249 Å². The molecule has 0 saturated carbocycles. The van der Waals surface area contributed by atoms with Crippen LogP contribution < -0.4 is 14.8 Å². The Morgan fingerprint density at radius 3 is 1.10 bits per heavy atom. The molecule has 0 radical (unpaired) electrons. The van der Waals surface area contributed by atoms with Crippen LogP contribution in [-0.2, 0) is 71.8 Å². The molecule has 3 aromatic heterocycles. The highest BCUT2D eigenvalue weighted by atomic mass is 79.9. The minimum Gasteiger partial charge on any atom is -0.505 e. The third-order valence-corrected chi connectivity index (χ3v) is 28.5. The molecule has 3 saturated heterocycles. The fraction of sp³-hybridized carbons (Fsp3) is 0.312. The van der Waals surface area contributed by atoms with Gasteiger partial charge in [0.15, 0.2) is 25.7 Å². The number of aromatic carboxylic acids is 1. The number of alkyl halides is 2. The van der Waals surface area contributed by atoms with Gasteiger partial charge in [-0.25, -0.2) is 27.7 Å². The summed E-state index contributed by atoms with van der Waals surface area (Å²) in [6, 6.07) is 67.0. The van der Waals surface area contributed by atoms with Crippen molar-refractivity contribution in [3.63, 3.8) is 0 Å². The largest absolute Gasteiger partial charge is 0.505 e. The summed E-state index contributed by atoms with van der Waals surface area (Å²) in [6.45, 7) is 16.6. The van der Waals surface area contributed by atoms with Gasteiger partial charge in [0, 0.05) is 209 Å². The van der Waals surface area contributed by atoms with E-state index < -0.39 is 46.0 Å². The van der Waals surface area contributed by atoms with Gasteiger partial charge in [0.2, 0.25) is 0 Å². The number of carbonyl (C=O) groups is 6. The Hall–Kier alpha value is -12.1. The van der Waals surface area contributed by atoms with E-state index in [1.54, 1.807) is 98.7 Å². The third-order valence-electron chi connectivity index (χ3n) is 25.5. The predicted molar refractivity (Wildman–Crippen MR) is 577 cm³/mol. The molecule has 0 unspecified atom stereocenters. The van der Waals surface area contributed by atoms with Gasteiger partial charge in [-0.05, 0) is 93.5 Å². The van der Waals surface area contributed by atoms with Crippen molar-refractivity contribution in [2.45, 2.75) is 71.1 Å². The van der Waals surface area contributed by atoms with Crippen LogP contribution in [0.25, 0.3) is 32.7 Å². The summed E-state index contributed by atoms with van der Waals surface area (Å²) in [4.78, 5) is 137. The summed E-state index contributed by atoms with van der Waals surface area (Å²) >= 11 is 13.0. The Labute approximate surface area is 888 Å². The highest BCUT2D eigenvalue weighted by Gasteiger charge is 2.44. The van der Waals surface area contributed by atoms with Crippen LogP contribution in [0, 0.1) is 17.5 Å². The molecule has 10 aromatic carbocycles. The lowest BCUT2D eigenvalue weighted by Gasteiger charge is -2.35. The van der Waals surface area contributed by atoms with Crippen molar-refractivity contribution >= 4 is 137 Å². The Kier molecular flexibility index (Phi) is 42.0. The van der Waals surface area contributed by atoms with E-state index in [0.717, 1.165) is 72.3 Å². The molecule has 6 aliphatic rings. The number of ether oxygens (including phenoxy) is 2. The number of halogens is 6. The number of amides is 5. The number of carboxylic acid groups (broad SMARTS) is 1. The average Bonchev–Trinajstić information content (AvgIpc) is 1.55. The molecule has 9 heterocycles. The minimum absolute atomic E-state index is 0.0337. The zero-order chi connectivity index (χ0) is 107. The number of carbonyl (C=O) groups excluding carboxylic acids is 5. The van der Waals surface area contributed by atoms with Crippen molar-refractivity contribution in [3.8, 4) is 17.2 Å². The summed E-state index contributed by atoms with van der Waals surface area (Å²) < 4.78 is 98.4. The summed E-state index contributed by atoms with van der Waals surface area (Å²) in [5, 5.41) is 26.1. The number of nitrogens with one attached hydrogen (secondary N) is 1. The van der Waals surface area contributed by atoms with Crippen LogP contribution >= 0.6 is 62.1 Å². The van der Waals surface area contributed by atoms with Crippen LogP contribution in [-0.4, -0.2) is 267 Å². The van der Waals surface area contributed by atoms with Crippen LogP contribution in [0.4, 0.5) is 13.2 Å². The van der Waals surface area contributed by atoms with Gasteiger partial charge in [0.25, 0.3) is 29.5 Å². The second-order valence-corrected chi connectivity index (χ2v) is 53.5. The first-order valence-corrected chi connectivity index (χ1v) is 59.8. The molecule has 790 valence electrons. The molecule has 3 fully saturated rings. The van der Waals surface area contributed by atoms with Gasteiger partial charge >= 0.3 is 21.2 Å². The van der Waals surface area contributed by atoms with E-state index >= 15 is 0 Å². The van der Waals surface area contributed by atoms with E-state index in [2.05, 4.69) is 69.8 Å². The third kappa shape index (κ3) is 30.2. The number of nitrogens with zero attached hydrogens (tertiary/aromatic N) is 11. The van der Waals surface area contributed by atoms with E-state index in [1.165, 1.54) is 75.9 Å². The Bertz CT molecular complexity index is 6830. The molecule has 5 N–H and O–H groups in total. The summed E-state index contributed by atoms with van der Waals surface area (Å²) in [7, 11) is -1.31. The van der Waals surface area contributed by atoms with Gasteiger partial charge in [-0.3, -0.25) is 62.4 Å². The van der Waals surface area contributed by atoms with Crippen LogP contribution in [0.2, 0.25) is 19.6 Å². The molecule has 0 aliphatic carbocycles. The number of carboxylic acids is 1. The highest BCUT2D eigenvalue weighted by molar-refractivity contribution is 9.26. The number of phenols is 1. The maximum atomic E-state index is 14.7. The fourth-order valence-electron chi connectivity index (χ4n) is 18.2. The van der Waals surface area contributed by atoms with Crippen LogP contribution in [0.3, 0.4) is 0 Å². The van der Waals surface area contributed by atoms with Crippen LogP contribution in [0.1, 0.15) is 130 Å². The minimum atomic E-state index is -4.10. The molecular formula is C109H119BrCl2F3N12O19P3Si. The van der Waals surface area contributed by atoms with Gasteiger partial charge < -0.3 is 73.2 Å². The molecule has 0 atom stereocenters. The van der Waals surface area contributed by atoms with E-state index in [4.69, 9.17) is 56.5 Å². The normalized spacial score (nSPS) is 14.7. The quantitative estimate of drug-likeness (QED) is 0.00726. The first-order chi connectivity index (χ1) is 72.2. The van der Waals surface area contributed by atoms with Gasteiger partial charge in [0.05, 0.1) is 65.3 Å². The number of pyridine rings is 3. The number of aromatic nitrogens is 3. The summed E-state index contributed by atoms with van der Waals surface area (Å²) in [5.74, 6) is -3.54. The molecule has 150 heavy (non-hydrogen) atoms. The number of rotatable bonds is 29. The number of piperazine rings is 3. The number of hydrogen-bond donors (Lipinski definition) is 5. The molecular weight excluding hydrogens is 2110 g/mol. The first kappa shape index (κ1) is 115. The second-order valence-electron chi connectivity index (χ2n) is 36.5. The van der Waals surface area contributed by atoms with Gasteiger partial charge in [-0.15, -0.1) is 38.5 Å². The molecule has 41 heteroatoms. The summed E-state index contributed by atoms with van der Waals surface area (Å²) in [5.41, 5.74) is 9.35. The average molecular weight is 2230 g/mol. The van der Waals surface area contributed by atoms with Gasteiger partial charge in [-0.1, -0.05) is 196 Å². The molecule has 31 nitrogen and oxygen atoms in total. The van der Waals surface area contributed by atoms with Gasteiger partial charge in [-0.2, -0.15) is 0 Å². The number of phenolic OH excluding ortho intramolecular Hbond substituents is 1. The zero-order valence-electron chi connectivity index (χ0n) is 83.9. The van der Waals surface area contributed by atoms with E-state index in [1.807, 2.05) is 132 Å². The standard InChI is InChI=1S/C40H40FN4O6P.C32H23FN2O4.C25H26FN4O6P.C6H13N2OP.C3H9BrSi.C2H6O2.CH2Cl2/c1-49-52(48,50-2)25-24-43-20-22-44(23-21-43)39(46)34-32-14-9-19-42-36(32)38(51-37(29-10-5-3-6-11-29)30-12-7-4-8-13-30)35-33(34)27-45(40(35)47)26-28-15-17-31(41)18-16-28;33-23-15-13-20(14-16-23)18-35-19-25-26(32(37)38)24-12-7-17-34-28(24)30(27(25)31(35)36)39-29(21-8-3-1-4-9-21)22-10-5-2-6-11-22;26-17-5-3-16(4-6-17)14-30-15-19-20(18-2-1-7-27-22(18)23(31)21(19)25(30)33)24(32)29-10-8-28(9-11-29)12-13-37(34,35)36;9-10-6-5-8-3-1-7-2-4-8;1-5(2,3)4;1-3-4-2;2-1-3/h3-19,37H,20-27H2,1-2H3;1-17,29H,18-19H2,(H,37,38);1-7,31H,8-15H2,(H2,34,35,36);7H,1-6H2;1-3H3;1-2H3;1H2. The molecule has 6 aliphatic heterocycles. The lowest BCUT2D eigenvalue weighted by Crippen LogP contribution is -2.49. The lowest BCUT2D eigenvalue weighted by molar-refractivity contribution is -0.248. The predicted octanol–water partition coefficient (Wildman–Crippen LogP) is 19.5. The van der Waals surface area contributed by atoms with E-state index in [-0.39, 0.29) is 147 Å². The fourth-order valence-corrected chi connectivity index (χ4v) is 20.1. The van der Waals surface area contributed by atoms with Crippen molar-refractivity contribution in [1.82, 2.24) is 59.5 Å². The SMILES string of the molecule is COOC.COP(=O)(CCN1CCN(C(=O)c2c3c(c(OC(c4ccccc4)c4ccccc4)c4ncccc24)C(=O)N(Cc2ccc(F)cc2)C3)CC1)OC.C[Si](C)(C)Br.ClCCl.O=C(O)c1c2c(c(OC(c3ccccc3)c3ccccc3)c3ncccc13)C(=O)N(Cc1ccc(F)cc1)C2.O=C1c2c(c(C(=O)N3CCN(CCP(=O)(O)O)CC3)c3cccnc3c2O)CN1Cc1ccc(F)cc1.O=PCCN1CCNCC1. The van der Waals surface area contributed by atoms with Crippen LogP contribution in [0.5, 0.6) is 17.2 Å². The molecule has 0 bridgehead atoms. The van der Waals surface area contributed by atoms with E-state index in [0.29, 0.717) is 131 Å². The Morgan fingerprint density at radius 2 is 0.767 bits per heavy atom. The van der Waals surface area contributed by atoms with Crippen molar-refractivity contribution in [1.29, 1.82) is 0 Å². The maximum absolute atomic E-state index is 14.7. The number of benzene rings is 10. The van der Waals surface area contributed by atoms with Crippen molar-refractivity contribution in [2.75, 3.05) is 150 Å². The topological polar surface area (TPSA) is 367 Å². The Morgan fingerprint density at radius 1 is 0.453 bits per heavy atom. The Balaban J connectivity index is 0.000000172. The molecule has 13 aromatic rings. The number of hydrogen-bond acceptors (Lipinski definition) is 23. The van der Waals surface area contributed by atoms with Crippen molar-refractivity contribution in [3.05, 3.63) is 356 Å². The monoisotopic (exact) mass is 2230 g/mol. The maximum Gasteiger partial charge on any atom is 0.336 e. The number of fused-ring (bicyclic) bond motifs is 6. The van der Waals surface area contributed by atoms with Crippen molar-refractivity contribution in [2.24, 2.45) is 0 Å². The lowest BCUT2D eigenvalue weighted by atomic mass is 9.94. The first-order valence-electron chi connectivity index (χ1n) is 48.4.